The van der Waals surface area contributed by atoms with E-state index in [1.165, 1.54) is 0 Å². The first-order chi connectivity index (χ1) is 16.5. The van der Waals surface area contributed by atoms with Crippen LogP contribution in [0.5, 0.6) is 11.5 Å². The number of carbonyl (C=O) groups is 2. The molecule has 1 aliphatic rings. The van der Waals surface area contributed by atoms with E-state index in [4.69, 9.17) is 14.2 Å². The van der Waals surface area contributed by atoms with Gasteiger partial charge < -0.3 is 29.1 Å². The summed E-state index contributed by atoms with van der Waals surface area (Å²) in [6, 6.07) is 3.12. The molecule has 8 heteroatoms. The van der Waals surface area contributed by atoms with Crippen molar-refractivity contribution in [3.05, 3.63) is 23.3 Å². The monoisotopic (exact) mass is 492 g/mol. The van der Waals surface area contributed by atoms with E-state index in [1.54, 1.807) is 24.1 Å². The highest BCUT2D eigenvalue weighted by atomic mass is 16.6. The SMILES string of the molecule is CCCc1cc(O)c(OCCCOC)cc1C(=O)N(C(C)C)[C@@H]1CCCN(C(=O)OC(C)(C)C)C1. The Hall–Kier alpha value is -2.48. The first-order valence-corrected chi connectivity index (χ1v) is 12.8. The van der Waals surface area contributed by atoms with Crippen molar-refractivity contribution in [2.45, 2.75) is 91.3 Å². The third kappa shape index (κ3) is 8.30. The molecule has 1 aliphatic heterocycles. The van der Waals surface area contributed by atoms with Gasteiger partial charge in [0.25, 0.3) is 5.91 Å². The van der Waals surface area contributed by atoms with Crippen LogP contribution in [0.3, 0.4) is 0 Å². The topological polar surface area (TPSA) is 88.5 Å². The molecule has 1 N–H and O–H groups in total. The minimum atomic E-state index is -0.571. The quantitative estimate of drug-likeness (QED) is 0.462. The van der Waals surface area contributed by atoms with Crippen LogP contribution in [0.1, 0.15) is 83.1 Å². The van der Waals surface area contributed by atoms with Gasteiger partial charge in [-0.1, -0.05) is 13.3 Å². The zero-order valence-corrected chi connectivity index (χ0v) is 22.6. The molecular weight excluding hydrogens is 448 g/mol. The summed E-state index contributed by atoms with van der Waals surface area (Å²) in [5.41, 5.74) is 0.761. The maximum absolute atomic E-state index is 14.0. The van der Waals surface area contributed by atoms with Crippen LogP contribution in [-0.4, -0.2) is 78.0 Å². The fourth-order valence-electron chi connectivity index (χ4n) is 4.42. The number of methoxy groups -OCH3 is 1. The molecule has 1 saturated heterocycles. The van der Waals surface area contributed by atoms with Crippen molar-refractivity contribution in [2.24, 2.45) is 0 Å². The normalized spacial score (nSPS) is 16.3. The van der Waals surface area contributed by atoms with E-state index in [0.717, 1.165) is 24.8 Å². The molecule has 198 valence electrons. The fraction of sp³-hybridized carbons (Fsp3) is 0.704. The third-order valence-electron chi connectivity index (χ3n) is 5.92. The van der Waals surface area contributed by atoms with Crippen LogP contribution in [-0.2, 0) is 15.9 Å². The Kier molecular flexibility index (Phi) is 10.7. The van der Waals surface area contributed by atoms with Crippen LogP contribution >= 0.6 is 0 Å². The molecular formula is C27H44N2O6. The molecule has 0 bridgehead atoms. The summed E-state index contributed by atoms with van der Waals surface area (Å²) in [5, 5.41) is 10.5. The van der Waals surface area contributed by atoms with Crippen LogP contribution in [0.15, 0.2) is 12.1 Å². The number of hydrogen-bond donors (Lipinski definition) is 1. The molecule has 0 aromatic heterocycles. The van der Waals surface area contributed by atoms with E-state index in [-0.39, 0.29) is 29.8 Å². The number of carbonyl (C=O) groups excluding carboxylic acids is 2. The lowest BCUT2D eigenvalue weighted by molar-refractivity contribution is 0.00749. The molecule has 35 heavy (non-hydrogen) atoms. The van der Waals surface area contributed by atoms with E-state index >= 15 is 0 Å². The predicted molar refractivity (Wildman–Crippen MR) is 136 cm³/mol. The number of hydrogen-bond acceptors (Lipinski definition) is 6. The van der Waals surface area contributed by atoms with Crippen LogP contribution < -0.4 is 4.74 Å². The van der Waals surface area contributed by atoms with Crippen LogP contribution in [0.25, 0.3) is 0 Å². The molecule has 1 atom stereocenters. The van der Waals surface area contributed by atoms with E-state index < -0.39 is 5.60 Å². The lowest BCUT2D eigenvalue weighted by Gasteiger charge is -2.41. The minimum Gasteiger partial charge on any atom is -0.504 e. The molecule has 1 aromatic carbocycles. The van der Waals surface area contributed by atoms with Gasteiger partial charge in [-0.25, -0.2) is 4.79 Å². The van der Waals surface area contributed by atoms with E-state index in [0.29, 0.717) is 50.5 Å². The van der Waals surface area contributed by atoms with Crippen molar-refractivity contribution >= 4 is 12.0 Å². The zero-order valence-electron chi connectivity index (χ0n) is 22.6. The van der Waals surface area contributed by atoms with Crippen molar-refractivity contribution in [2.75, 3.05) is 33.4 Å². The van der Waals surface area contributed by atoms with E-state index in [9.17, 15) is 14.7 Å². The molecule has 0 spiro atoms. The van der Waals surface area contributed by atoms with E-state index in [1.807, 2.05) is 46.4 Å². The van der Waals surface area contributed by atoms with Crippen molar-refractivity contribution in [1.29, 1.82) is 0 Å². The number of phenolic OH excluding ortho intramolecular Hbond substituents is 1. The summed E-state index contributed by atoms with van der Waals surface area (Å²) < 4.78 is 16.4. The van der Waals surface area contributed by atoms with Crippen LogP contribution in [0.2, 0.25) is 0 Å². The Bertz CT molecular complexity index is 849. The zero-order chi connectivity index (χ0) is 26.2. The average molecular weight is 493 g/mol. The number of ether oxygens (including phenoxy) is 3. The second-order valence-corrected chi connectivity index (χ2v) is 10.5. The first-order valence-electron chi connectivity index (χ1n) is 12.8. The molecule has 1 fully saturated rings. The molecule has 1 aromatic rings. The molecule has 8 nitrogen and oxygen atoms in total. The molecule has 1 heterocycles. The summed E-state index contributed by atoms with van der Waals surface area (Å²) in [4.78, 5) is 30.2. The lowest BCUT2D eigenvalue weighted by atomic mass is 9.97. The summed E-state index contributed by atoms with van der Waals surface area (Å²) in [7, 11) is 1.63. The van der Waals surface area contributed by atoms with Crippen molar-refractivity contribution in [1.82, 2.24) is 9.80 Å². The molecule has 2 rings (SSSR count). The van der Waals surface area contributed by atoms with Gasteiger partial charge in [-0.2, -0.15) is 0 Å². The van der Waals surface area contributed by atoms with Crippen molar-refractivity contribution in [3.63, 3.8) is 0 Å². The van der Waals surface area contributed by atoms with Gasteiger partial charge in [0, 0.05) is 44.8 Å². The van der Waals surface area contributed by atoms with Gasteiger partial charge in [-0.05, 0) is 71.6 Å². The highest BCUT2D eigenvalue weighted by molar-refractivity contribution is 5.97. The maximum atomic E-state index is 14.0. The van der Waals surface area contributed by atoms with Crippen LogP contribution in [0, 0.1) is 0 Å². The van der Waals surface area contributed by atoms with Crippen molar-refractivity contribution < 1.29 is 28.9 Å². The number of likely N-dealkylation sites (tertiary alicyclic amines) is 1. The van der Waals surface area contributed by atoms with Gasteiger partial charge >= 0.3 is 6.09 Å². The number of rotatable bonds is 10. The standard InChI is InChI=1S/C27H44N2O6/c1-8-11-20-16-23(30)24(34-15-10-14-33-7)17-22(20)25(31)29(19(2)3)21-12-9-13-28(18-21)26(32)35-27(4,5)6/h16-17,19,21,30H,8-15,18H2,1-7H3/t21-/m1/s1. The maximum Gasteiger partial charge on any atom is 0.410 e. The highest BCUT2D eigenvalue weighted by Crippen LogP contribution is 2.33. The third-order valence-corrected chi connectivity index (χ3v) is 5.92. The minimum absolute atomic E-state index is 0.0345. The van der Waals surface area contributed by atoms with Gasteiger partial charge in [0.2, 0.25) is 0 Å². The summed E-state index contributed by atoms with van der Waals surface area (Å²) in [6.45, 7) is 13.6. The lowest BCUT2D eigenvalue weighted by Crippen LogP contribution is -2.54. The molecule has 0 saturated carbocycles. The molecule has 0 unspecified atom stereocenters. The number of benzene rings is 1. The Morgan fingerprint density at radius 1 is 1.23 bits per heavy atom. The summed E-state index contributed by atoms with van der Waals surface area (Å²) in [6.07, 6.45) is 3.44. The first kappa shape index (κ1) is 28.8. The van der Waals surface area contributed by atoms with Gasteiger partial charge in [0.05, 0.1) is 12.6 Å². The number of aryl methyl sites for hydroxylation is 1. The van der Waals surface area contributed by atoms with Crippen LogP contribution in [0.4, 0.5) is 4.79 Å². The number of amides is 2. The fourth-order valence-corrected chi connectivity index (χ4v) is 4.42. The second-order valence-electron chi connectivity index (χ2n) is 10.5. The molecule has 0 radical (unpaired) electrons. The summed E-state index contributed by atoms with van der Waals surface area (Å²) in [5.74, 6) is 0.223. The highest BCUT2D eigenvalue weighted by Gasteiger charge is 2.35. The largest absolute Gasteiger partial charge is 0.504 e. The Balaban J connectivity index is 2.31. The number of nitrogens with zero attached hydrogens (tertiary/aromatic N) is 2. The summed E-state index contributed by atoms with van der Waals surface area (Å²) >= 11 is 0. The number of piperidine rings is 1. The smallest absolute Gasteiger partial charge is 0.410 e. The second kappa shape index (κ2) is 13.0. The Morgan fingerprint density at radius 2 is 1.94 bits per heavy atom. The Labute approximate surface area is 210 Å². The molecule has 2 amide bonds. The van der Waals surface area contributed by atoms with Crippen molar-refractivity contribution in [3.8, 4) is 11.5 Å². The van der Waals surface area contributed by atoms with Gasteiger partial charge in [-0.3, -0.25) is 4.79 Å². The number of aromatic hydroxyl groups is 1. The van der Waals surface area contributed by atoms with E-state index in [2.05, 4.69) is 0 Å². The van der Waals surface area contributed by atoms with Gasteiger partial charge in [0.15, 0.2) is 11.5 Å². The van der Waals surface area contributed by atoms with Gasteiger partial charge in [0.1, 0.15) is 5.60 Å². The number of phenols is 1. The Morgan fingerprint density at radius 3 is 2.54 bits per heavy atom. The predicted octanol–water partition coefficient (Wildman–Crippen LogP) is 5.01. The molecule has 0 aliphatic carbocycles. The average Bonchev–Trinajstić information content (AvgIpc) is 2.77. The van der Waals surface area contributed by atoms with Gasteiger partial charge in [-0.15, -0.1) is 0 Å².